The summed E-state index contributed by atoms with van der Waals surface area (Å²) in [6.45, 7) is 0. The van der Waals surface area contributed by atoms with Gasteiger partial charge in [0, 0.05) is 25.0 Å². The van der Waals surface area contributed by atoms with E-state index in [1.807, 2.05) is 0 Å². The molecule has 0 fully saturated rings. The van der Waals surface area contributed by atoms with Crippen molar-refractivity contribution in [2.24, 2.45) is 5.73 Å². The van der Waals surface area contributed by atoms with Crippen molar-refractivity contribution in [2.75, 3.05) is 7.05 Å². The van der Waals surface area contributed by atoms with Gasteiger partial charge >= 0.3 is 0 Å². The van der Waals surface area contributed by atoms with Crippen LogP contribution in [0.25, 0.3) is 0 Å². The number of nitrogens with two attached hydrogens (primary N) is 1. The van der Waals surface area contributed by atoms with Gasteiger partial charge in [0.2, 0.25) is 5.91 Å². The van der Waals surface area contributed by atoms with Gasteiger partial charge in [0.15, 0.2) is 0 Å². The minimum Gasteiger partial charge on any atom is -0.859 e. The van der Waals surface area contributed by atoms with Crippen LogP contribution in [0.1, 0.15) is 0 Å². The molecule has 0 saturated carbocycles. The lowest BCUT2D eigenvalue weighted by molar-refractivity contribution is -0.215. The van der Waals surface area contributed by atoms with E-state index in [9.17, 15) is 18.3 Å². The molecule has 1 amide bonds. The molecule has 0 spiro atoms. The van der Waals surface area contributed by atoms with E-state index in [1.165, 1.54) is 11.9 Å². The van der Waals surface area contributed by atoms with Crippen LogP contribution in [-0.2, 0) is 14.9 Å². The van der Waals surface area contributed by atoms with Crippen molar-refractivity contribution >= 4 is 21.9 Å². The minimum atomic E-state index is -4.74. The maximum Gasteiger partial charge on any atom is 0.276 e. The molecule has 8 nitrogen and oxygen atoms in total. The van der Waals surface area contributed by atoms with Gasteiger partial charge in [0.25, 0.3) is 10.1 Å². The fourth-order valence-corrected chi connectivity index (χ4v) is 2.46. The van der Waals surface area contributed by atoms with Gasteiger partial charge in [-0.25, -0.2) is 0 Å². The summed E-state index contributed by atoms with van der Waals surface area (Å²) in [6.07, 6.45) is 2.12. The Labute approximate surface area is 97.3 Å². The van der Waals surface area contributed by atoms with E-state index in [1.54, 1.807) is 0 Å². The molecule has 4 N–H and O–H groups in total. The Morgan fingerprint density at radius 1 is 1.53 bits per heavy atom. The van der Waals surface area contributed by atoms with Crippen molar-refractivity contribution in [1.82, 2.24) is 4.90 Å². The molecule has 1 aliphatic rings. The predicted octanol–water partition coefficient (Wildman–Crippen LogP) is -2.22. The molecule has 0 aromatic carbocycles. The van der Waals surface area contributed by atoms with Crippen LogP contribution >= 0.6 is 0 Å². The number of amides is 1. The summed E-state index contributed by atoms with van der Waals surface area (Å²) in [6, 6.07) is 0. The number of nitrogens with one attached hydrogen (secondary N) is 1. The third-order valence-electron chi connectivity index (χ3n) is 2.09. The van der Waals surface area contributed by atoms with Gasteiger partial charge in [-0.15, -0.1) is 0 Å². The van der Waals surface area contributed by atoms with Crippen molar-refractivity contribution in [1.29, 1.82) is 5.41 Å². The van der Waals surface area contributed by atoms with Crippen LogP contribution in [0, 0.1) is 5.41 Å². The molecule has 1 atom stereocenters. The highest BCUT2D eigenvalue weighted by Crippen LogP contribution is 2.24. The Morgan fingerprint density at radius 2 is 2.00 bits per heavy atom. The van der Waals surface area contributed by atoms with Gasteiger partial charge in [-0.3, -0.25) is 9.35 Å². The van der Waals surface area contributed by atoms with E-state index in [2.05, 4.69) is 0 Å². The first kappa shape index (κ1) is 13.2. The second-order valence-electron chi connectivity index (χ2n) is 3.42. The Balaban J connectivity index is 3.43. The normalized spacial score (nSPS) is 20.6. The first-order valence-electron chi connectivity index (χ1n) is 4.32. The monoisotopic (exact) mass is 260 g/mol. The molecular weight excluding hydrogens is 250 g/mol. The summed E-state index contributed by atoms with van der Waals surface area (Å²) in [5.41, 5.74) is 3.97. The van der Waals surface area contributed by atoms with Crippen molar-refractivity contribution < 1.29 is 22.9 Å². The molecule has 0 bridgehead atoms. The van der Waals surface area contributed by atoms with E-state index in [0.717, 1.165) is 12.4 Å². The smallest absolute Gasteiger partial charge is 0.276 e. The van der Waals surface area contributed by atoms with Gasteiger partial charge in [-0.05, 0) is 5.90 Å². The number of carbonyl (C=O) groups excluding carboxylic acids is 1. The van der Waals surface area contributed by atoms with E-state index in [-0.39, 0.29) is 0 Å². The van der Waals surface area contributed by atoms with Crippen LogP contribution in [0.4, 0.5) is 0 Å². The zero-order valence-electron chi connectivity index (χ0n) is 8.75. The molecular formula is C8H10N3O5S-. The third-order valence-corrected chi connectivity index (χ3v) is 3.20. The molecule has 17 heavy (non-hydrogen) atoms. The standard InChI is InChI=1S/C8H11N3O5S/c1-11-2-4(7(9)12)6(17(14,15)16)5(3-11)8(10)13/h2-3,6H,1H3,(H2,9,12)(H2,10,13)(H,14,15,16)/p-1. The molecule has 0 saturated heterocycles. The molecule has 0 radical (unpaired) electrons. The number of carbonyl (C=O) groups is 1. The van der Waals surface area contributed by atoms with Gasteiger partial charge in [0.05, 0.1) is 5.57 Å². The molecule has 94 valence electrons. The largest absolute Gasteiger partial charge is 0.859 e. The Hall–Kier alpha value is -1.87. The van der Waals surface area contributed by atoms with Crippen LogP contribution in [0.2, 0.25) is 0 Å². The topological polar surface area (TPSA) is 148 Å². The summed E-state index contributed by atoms with van der Waals surface area (Å²) in [5.74, 6) is -2.40. The molecule has 0 aromatic rings. The van der Waals surface area contributed by atoms with Gasteiger partial charge in [-0.1, -0.05) is 0 Å². The quantitative estimate of drug-likeness (QED) is 0.297. The number of rotatable bonds is 3. The maximum absolute atomic E-state index is 11.1. The van der Waals surface area contributed by atoms with Crippen LogP contribution in [0.3, 0.4) is 0 Å². The average Bonchev–Trinajstić information content (AvgIpc) is 2.14. The second-order valence-corrected chi connectivity index (χ2v) is 4.92. The predicted molar refractivity (Wildman–Crippen MR) is 56.2 cm³/mol. The highest BCUT2D eigenvalue weighted by atomic mass is 32.2. The van der Waals surface area contributed by atoms with Crippen molar-refractivity contribution in [3.8, 4) is 0 Å². The Morgan fingerprint density at radius 3 is 2.35 bits per heavy atom. The van der Waals surface area contributed by atoms with Gasteiger partial charge in [0.1, 0.15) is 5.25 Å². The van der Waals surface area contributed by atoms with Crippen molar-refractivity contribution in [2.45, 2.75) is 5.25 Å². The van der Waals surface area contributed by atoms with Crippen LogP contribution in [0.15, 0.2) is 23.5 Å². The molecule has 1 unspecified atom stereocenters. The van der Waals surface area contributed by atoms with E-state index in [0.29, 0.717) is 0 Å². The van der Waals surface area contributed by atoms with Crippen molar-refractivity contribution in [3.05, 3.63) is 23.5 Å². The van der Waals surface area contributed by atoms with Crippen LogP contribution in [0.5, 0.6) is 0 Å². The summed E-state index contributed by atoms with van der Waals surface area (Å²) in [7, 11) is -3.32. The zero-order chi connectivity index (χ0) is 13.4. The highest BCUT2D eigenvalue weighted by molar-refractivity contribution is 7.87. The zero-order valence-corrected chi connectivity index (χ0v) is 9.56. The lowest BCUT2D eigenvalue weighted by atomic mass is 10.0. The Bertz CT molecular complexity index is 501. The molecule has 9 heteroatoms. The van der Waals surface area contributed by atoms with Crippen LogP contribution in [-0.4, -0.2) is 42.0 Å². The van der Waals surface area contributed by atoms with E-state index < -0.39 is 38.3 Å². The molecule has 0 aliphatic carbocycles. The first-order valence-corrected chi connectivity index (χ1v) is 5.82. The van der Waals surface area contributed by atoms with Crippen molar-refractivity contribution in [3.63, 3.8) is 0 Å². The van der Waals surface area contributed by atoms with Gasteiger partial charge < -0.3 is 21.1 Å². The second kappa shape index (κ2) is 4.18. The third kappa shape index (κ3) is 2.63. The summed E-state index contributed by atoms with van der Waals surface area (Å²) in [4.78, 5) is 12.3. The number of primary amides is 1. The number of hydrogen-bond acceptors (Lipinski definition) is 6. The molecule has 1 rings (SSSR count). The summed E-state index contributed by atoms with van der Waals surface area (Å²) >= 11 is 0. The van der Waals surface area contributed by atoms with Gasteiger partial charge in [-0.2, -0.15) is 8.42 Å². The molecule has 1 aliphatic heterocycles. The highest BCUT2D eigenvalue weighted by Gasteiger charge is 2.36. The van der Waals surface area contributed by atoms with E-state index >= 15 is 0 Å². The maximum atomic E-state index is 11.1. The summed E-state index contributed by atoms with van der Waals surface area (Å²) in [5, 5.41) is 16.0. The molecule has 1 heterocycles. The SMILES string of the molecule is CN1C=C(C(=N)[O-])C(S(=O)(=O)O)C(C(N)=O)=C1. The first-order chi connectivity index (χ1) is 7.64. The molecule has 0 aromatic heterocycles. The lowest BCUT2D eigenvalue weighted by Gasteiger charge is -2.28. The fraction of sp³-hybridized carbons (Fsp3) is 0.250. The number of hydrogen-bond donors (Lipinski definition) is 3. The number of nitrogens with zero attached hydrogens (tertiary/aromatic N) is 1. The van der Waals surface area contributed by atoms with E-state index in [4.69, 9.17) is 15.7 Å². The lowest BCUT2D eigenvalue weighted by Crippen LogP contribution is -2.41. The average molecular weight is 260 g/mol. The Kier molecular flexibility index (Phi) is 3.25. The minimum absolute atomic E-state index is 0.465. The van der Waals surface area contributed by atoms with Crippen LogP contribution < -0.4 is 10.8 Å². The fourth-order valence-electron chi connectivity index (χ4n) is 1.47. The summed E-state index contributed by atoms with van der Waals surface area (Å²) < 4.78 is 31.3.